The Morgan fingerprint density at radius 1 is 1.03 bits per heavy atom. The fraction of sp³-hybridized carbons (Fsp3) is 0.185. The number of nitrogens with zero attached hydrogens (tertiary/aromatic N) is 1. The van der Waals surface area contributed by atoms with Crippen LogP contribution in [0.1, 0.15) is 24.1 Å². The number of sulfonamides is 1. The molecule has 3 aromatic carbocycles. The van der Waals surface area contributed by atoms with Gasteiger partial charge in [0.2, 0.25) is 10.0 Å². The third kappa shape index (κ3) is 5.65. The number of ether oxygens (including phenoxy) is 1. The summed E-state index contributed by atoms with van der Waals surface area (Å²) in [4.78, 5) is 24.3. The number of benzene rings is 3. The molecule has 0 unspecified atom stereocenters. The summed E-state index contributed by atoms with van der Waals surface area (Å²) >= 11 is 0. The Kier molecular flexibility index (Phi) is 7.89. The Morgan fingerprint density at radius 2 is 1.68 bits per heavy atom. The summed E-state index contributed by atoms with van der Waals surface area (Å²) in [6, 6.07) is 19.2. The van der Waals surface area contributed by atoms with Crippen LogP contribution in [0.5, 0.6) is 0 Å². The van der Waals surface area contributed by atoms with E-state index < -0.39 is 28.1 Å². The predicted octanol–water partition coefficient (Wildman–Crippen LogP) is 3.72. The van der Waals surface area contributed by atoms with E-state index in [4.69, 9.17) is 4.74 Å². The van der Waals surface area contributed by atoms with Gasteiger partial charge in [0, 0.05) is 12.2 Å². The van der Waals surface area contributed by atoms with Gasteiger partial charge in [0.05, 0.1) is 4.90 Å². The van der Waals surface area contributed by atoms with Gasteiger partial charge in [-0.15, -0.1) is 5.92 Å². The second-order valence-electron chi connectivity index (χ2n) is 8.17. The van der Waals surface area contributed by atoms with Crippen molar-refractivity contribution in [3.8, 4) is 23.0 Å². The van der Waals surface area contributed by atoms with Crippen molar-refractivity contribution in [1.29, 1.82) is 0 Å². The number of hydrogen-bond acceptors (Lipinski definition) is 6. The zero-order valence-corrected chi connectivity index (χ0v) is 20.8. The number of anilines is 1. The maximum atomic E-state index is 13.5. The molecule has 2 amide bonds. The van der Waals surface area contributed by atoms with Gasteiger partial charge < -0.3 is 4.74 Å². The first-order valence-corrected chi connectivity index (χ1v) is 12.9. The van der Waals surface area contributed by atoms with Crippen LogP contribution in [0.3, 0.4) is 0 Å². The normalized spacial score (nSPS) is 15.0. The fourth-order valence-corrected chi connectivity index (χ4v) is 5.73. The predicted molar refractivity (Wildman–Crippen MR) is 137 cm³/mol. The first-order valence-electron chi connectivity index (χ1n) is 11.4. The topological polar surface area (TPSA) is 125 Å². The summed E-state index contributed by atoms with van der Waals surface area (Å²) in [6.07, 6.45) is -0.165. The summed E-state index contributed by atoms with van der Waals surface area (Å²) in [7, 11) is -4.05. The first kappa shape index (κ1) is 25.9. The van der Waals surface area contributed by atoms with Crippen LogP contribution in [-0.4, -0.2) is 43.1 Å². The Labute approximate surface area is 215 Å². The molecule has 0 aliphatic carbocycles. The minimum absolute atomic E-state index is 0.00499. The average Bonchev–Trinajstić information content (AvgIpc) is 2.92. The molecule has 9 nitrogen and oxygen atoms in total. The lowest BCUT2D eigenvalue weighted by atomic mass is 9.94. The van der Waals surface area contributed by atoms with Crippen LogP contribution in [0.15, 0.2) is 77.7 Å². The summed E-state index contributed by atoms with van der Waals surface area (Å²) in [6.45, 7) is 1.76. The molecular weight excluding hydrogens is 494 g/mol. The second-order valence-corrected chi connectivity index (χ2v) is 10.1. The summed E-state index contributed by atoms with van der Waals surface area (Å²) in [5.74, 6) is 4.46. The van der Waals surface area contributed by atoms with Crippen molar-refractivity contribution in [2.75, 3.05) is 18.5 Å². The lowest BCUT2D eigenvalue weighted by Crippen LogP contribution is -2.46. The smallest absolute Gasteiger partial charge is 0.412 e. The van der Waals surface area contributed by atoms with Crippen molar-refractivity contribution in [3.05, 3.63) is 83.9 Å². The van der Waals surface area contributed by atoms with E-state index in [0.717, 1.165) is 21.0 Å². The van der Waals surface area contributed by atoms with E-state index in [2.05, 4.69) is 17.2 Å². The summed E-state index contributed by atoms with van der Waals surface area (Å²) in [5, 5.41) is 11.9. The van der Waals surface area contributed by atoms with Crippen LogP contribution in [0.25, 0.3) is 11.1 Å². The van der Waals surface area contributed by atoms with Gasteiger partial charge in [0.25, 0.3) is 5.91 Å². The standard InChI is InChI=1S/C27H25N3O6S/c1-2-3-18-36-27(32)28-22-12-8-19(9-13-22)20-10-14-23(15-11-20)37(34,35)30-17-16-21-6-4-5-7-24(21)25(30)26(31)29-33/h4-15,25,33H,16-18H2,1H3,(H,28,32)(H,29,31)/t25-/m0/s1. The number of fused-ring (bicyclic) bond motifs is 1. The van der Waals surface area contributed by atoms with Crippen LogP contribution < -0.4 is 10.8 Å². The molecule has 1 heterocycles. The van der Waals surface area contributed by atoms with Gasteiger partial charge in [-0.3, -0.25) is 15.3 Å². The minimum atomic E-state index is -4.05. The van der Waals surface area contributed by atoms with E-state index in [1.165, 1.54) is 12.1 Å². The van der Waals surface area contributed by atoms with E-state index >= 15 is 0 Å². The quantitative estimate of drug-likeness (QED) is 0.259. The molecule has 37 heavy (non-hydrogen) atoms. The fourth-order valence-electron chi connectivity index (χ4n) is 4.16. The molecule has 1 aliphatic rings. The lowest BCUT2D eigenvalue weighted by Gasteiger charge is -2.34. The van der Waals surface area contributed by atoms with Crippen LogP contribution in [0, 0.1) is 11.8 Å². The van der Waals surface area contributed by atoms with E-state index in [9.17, 15) is 23.2 Å². The van der Waals surface area contributed by atoms with Gasteiger partial charge >= 0.3 is 6.09 Å². The number of hydrogen-bond donors (Lipinski definition) is 3. The van der Waals surface area contributed by atoms with Crippen LogP contribution >= 0.6 is 0 Å². The number of nitrogens with one attached hydrogen (secondary N) is 2. The highest BCUT2D eigenvalue weighted by Gasteiger charge is 2.40. The molecular formula is C27H25N3O6S. The van der Waals surface area contributed by atoms with Gasteiger partial charge in [0.15, 0.2) is 6.61 Å². The second kappa shape index (κ2) is 11.3. The third-order valence-corrected chi connectivity index (χ3v) is 7.85. The zero-order valence-electron chi connectivity index (χ0n) is 20.0. The Hall–Kier alpha value is -4.17. The van der Waals surface area contributed by atoms with Crippen molar-refractivity contribution in [3.63, 3.8) is 0 Å². The van der Waals surface area contributed by atoms with Crippen molar-refractivity contribution < 1.29 is 28.0 Å². The summed E-state index contributed by atoms with van der Waals surface area (Å²) in [5.41, 5.74) is 5.11. The molecule has 1 aliphatic heterocycles. The molecule has 3 N–H and O–H groups in total. The first-order chi connectivity index (χ1) is 17.8. The lowest BCUT2D eigenvalue weighted by molar-refractivity contribution is -0.133. The van der Waals surface area contributed by atoms with Crippen molar-refractivity contribution >= 4 is 27.7 Å². The number of amides is 2. The van der Waals surface area contributed by atoms with Gasteiger partial charge in [-0.05, 0) is 59.9 Å². The summed E-state index contributed by atoms with van der Waals surface area (Å²) < 4.78 is 33.1. The average molecular weight is 520 g/mol. The molecule has 190 valence electrons. The molecule has 0 saturated heterocycles. The van der Waals surface area contributed by atoms with E-state index in [1.54, 1.807) is 60.9 Å². The minimum Gasteiger partial charge on any atom is -0.436 e. The van der Waals surface area contributed by atoms with E-state index in [0.29, 0.717) is 17.7 Å². The molecule has 0 saturated carbocycles. The molecule has 0 spiro atoms. The van der Waals surface area contributed by atoms with Crippen molar-refractivity contribution in [2.24, 2.45) is 0 Å². The van der Waals surface area contributed by atoms with E-state index in [-0.39, 0.29) is 18.0 Å². The monoisotopic (exact) mass is 519 g/mol. The van der Waals surface area contributed by atoms with Gasteiger partial charge in [0.1, 0.15) is 6.04 Å². The number of carbonyl (C=O) groups excluding carboxylic acids is 2. The molecule has 4 rings (SSSR count). The Balaban J connectivity index is 1.52. The van der Waals surface area contributed by atoms with Gasteiger partial charge in [-0.2, -0.15) is 4.31 Å². The van der Waals surface area contributed by atoms with Crippen molar-refractivity contribution in [2.45, 2.75) is 24.3 Å². The van der Waals surface area contributed by atoms with Crippen LogP contribution in [0.2, 0.25) is 0 Å². The molecule has 0 fully saturated rings. The van der Waals surface area contributed by atoms with E-state index in [1.807, 2.05) is 12.1 Å². The Morgan fingerprint density at radius 3 is 2.32 bits per heavy atom. The maximum Gasteiger partial charge on any atom is 0.412 e. The number of hydroxylamine groups is 1. The maximum absolute atomic E-state index is 13.5. The van der Waals surface area contributed by atoms with Crippen molar-refractivity contribution in [1.82, 2.24) is 9.79 Å². The highest BCUT2D eigenvalue weighted by molar-refractivity contribution is 7.89. The van der Waals surface area contributed by atoms with Crippen LogP contribution in [-0.2, 0) is 26.0 Å². The molecule has 0 bridgehead atoms. The number of carbonyl (C=O) groups is 2. The molecule has 10 heteroatoms. The van der Waals surface area contributed by atoms with Gasteiger partial charge in [-0.1, -0.05) is 54.5 Å². The SMILES string of the molecule is CC#CCOC(=O)Nc1ccc(-c2ccc(S(=O)(=O)N3CCc4ccccc4[C@H]3C(=O)NO)cc2)cc1. The van der Waals surface area contributed by atoms with Crippen LogP contribution in [0.4, 0.5) is 10.5 Å². The highest BCUT2D eigenvalue weighted by atomic mass is 32.2. The molecule has 3 aromatic rings. The Bertz CT molecular complexity index is 1460. The number of rotatable bonds is 6. The largest absolute Gasteiger partial charge is 0.436 e. The third-order valence-electron chi connectivity index (χ3n) is 5.98. The zero-order chi connectivity index (χ0) is 26.4. The highest BCUT2D eigenvalue weighted by Crippen LogP contribution is 2.35. The molecule has 1 atom stereocenters. The molecule has 0 radical (unpaired) electrons. The van der Waals surface area contributed by atoms with Gasteiger partial charge in [-0.25, -0.2) is 18.7 Å². The molecule has 0 aromatic heterocycles.